The maximum Gasteiger partial charge on any atom is 0.273 e. The molecule has 138 valence electrons. The summed E-state index contributed by atoms with van der Waals surface area (Å²) < 4.78 is 7.44. The van der Waals surface area contributed by atoms with E-state index in [2.05, 4.69) is 37.4 Å². The summed E-state index contributed by atoms with van der Waals surface area (Å²) in [5.41, 5.74) is 4.22. The number of nitrogens with one attached hydrogen (secondary N) is 2. The number of carbonyl (C=O) groups excluding carboxylic acids is 1. The Morgan fingerprint density at radius 2 is 2.14 bits per heavy atom. The van der Waals surface area contributed by atoms with Crippen LogP contribution in [0.2, 0.25) is 0 Å². The van der Waals surface area contributed by atoms with Crippen LogP contribution in [-0.2, 0) is 13.6 Å². The third kappa shape index (κ3) is 2.73. The summed E-state index contributed by atoms with van der Waals surface area (Å²) in [6.07, 6.45) is 3.75. The summed E-state index contributed by atoms with van der Waals surface area (Å²) in [6.45, 7) is 0.420. The van der Waals surface area contributed by atoms with Gasteiger partial charge in [0.05, 0.1) is 11.7 Å². The van der Waals surface area contributed by atoms with Gasteiger partial charge in [0.15, 0.2) is 11.5 Å². The average Bonchev–Trinajstić information content (AvgIpc) is 3.45. The zero-order chi connectivity index (χ0) is 19.1. The average molecular weight is 371 g/mol. The molecule has 5 rings (SSSR count). The van der Waals surface area contributed by atoms with Gasteiger partial charge in [0.2, 0.25) is 0 Å². The van der Waals surface area contributed by atoms with Crippen LogP contribution in [0.3, 0.4) is 0 Å². The number of aromatic amines is 1. The molecule has 3 heterocycles. The molecule has 2 N–H and O–H groups in total. The van der Waals surface area contributed by atoms with Gasteiger partial charge in [-0.1, -0.05) is 17.3 Å². The topological polar surface area (TPSA) is 88.7 Å². The number of benzene rings is 2. The molecule has 28 heavy (non-hydrogen) atoms. The predicted octanol–water partition coefficient (Wildman–Crippen LogP) is 3.64. The van der Waals surface area contributed by atoms with Crippen LogP contribution in [0.1, 0.15) is 16.1 Å². The standard InChI is InChI=1S/C21H17N5O2/c1-26-8-7-16-14(3-2-4-19(16)26)11-22-21(27)18-10-20(28-25-18)13-5-6-17-15(9-13)12-23-24-17/h2-10,12H,11H2,1H3,(H,22,27)(H,23,24). The highest BCUT2D eigenvalue weighted by molar-refractivity contribution is 5.94. The third-order valence-corrected chi connectivity index (χ3v) is 4.93. The number of nitrogens with zero attached hydrogens (tertiary/aromatic N) is 3. The van der Waals surface area contributed by atoms with E-state index in [1.54, 1.807) is 12.3 Å². The maximum atomic E-state index is 12.5. The number of aromatic nitrogens is 4. The summed E-state index contributed by atoms with van der Waals surface area (Å²) in [7, 11) is 2.00. The number of rotatable bonds is 4. The smallest absolute Gasteiger partial charge is 0.273 e. The number of H-pyrrole nitrogens is 1. The van der Waals surface area contributed by atoms with Gasteiger partial charge >= 0.3 is 0 Å². The minimum atomic E-state index is -0.271. The van der Waals surface area contributed by atoms with E-state index < -0.39 is 0 Å². The number of amides is 1. The van der Waals surface area contributed by atoms with Gasteiger partial charge < -0.3 is 14.4 Å². The molecule has 0 spiro atoms. The van der Waals surface area contributed by atoms with Crippen molar-refractivity contribution in [2.75, 3.05) is 0 Å². The van der Waals surface area contributed by atoms with Crippen molar-refractivity contribution in [3.05, 3.63) is 72.2 Å². The number of aryl methyl sites for hydroxylation is 1. The molecule has 0 aliphatic carbocycles. The zero-order valence-electron chi connectivity index (χ0n) is 15.1. The molecule has 0 fully saturated rings. The van der Waals surface area contributed by atoms with Crippen molar-refractivity contribution in [2.24, 2.45) is 7.05 Å². The molecule has 1 amide bonds. The van der Waals surface area contributed by atoms with Crippen molar-refractivity contribution >= 4 is 27.7 Å². The fourth-order valence-electron chi connectivity index (χ4n) is 3.40. The van der Waals surface area contributed by atoms with Gasteiger partial charge in [0, 0.05) is 47.7 Å². The molecular formula is C21H17N5O2. The van der Waals surface area contributed by atoms with Gasteiger partial charge in [-0.3, -0.25) is 9.89 Å². The lowest BCUT2D eigenvalue weighted by atomic mass is 10.1. The molecule has 3 aromatic heterocycles. The van der Waals surface area contributed by atoms with Crippen LogP contribution in [0.15, 0.2) is 65.4 Å². The predicted molar refractivity (Wildman–Crippen MR) is 106 cm³/mol. The number of hydrogen-bond donors (Lipinski definition) is 2. The largest absolute Gasteiger partial charge is 0.355 e. The van der Waals surface area contributed by atoms with Crippen LogP contribution < -0.4 is 5.32 Å². The van der Waals surface area contributed by atoms with Crippen molar-refractivity contribution < 1.29 is 9.32 Å². The second-order valence-electron chi connectivity index (χ2n) is 6.71. The van der Waals surface area contributed by atoms with Crippen molar-refractivity contribution in [2.45, 2.75) is 6.54 Å². The molecule has 0 unspecified atom stereocenters. The second kappa shape index (κ2) is 6.38. The first-order valence-corrected chi connectivity index (χ1v) is 8.90. The summed E-state index contributed by atoms with van der Waals surface area (Å²) in [4.78, 5) is 12.5. The Morgan fingerprint density at radius 3 is 3.07 bits per heavy atom. The number of hydrogen-bond acceptors (Lipinski definition) is 4. The molecular weight excluding hydrogens is 354 g/mol. The summed E-state index contributed by atoms with van der Waals surface area (Å²) in [6, 6.07) is 15.5. The Bertz CT molecular complexity index is 1310. The molecule has 5 aromatic rings. The van der Waals surface area contributed by atoms with E-state index in [1.807, 2.05) is 43.6 Å². The molecule has 7 heteroatoms. The Kier molecular flexibility index (Phi) is 3.72. The highest BCUT2D eigenvalue weighted by Gasteiger charge is 2.15. The highest BCUT2D eigenvalue weighted by atomic mass is 16.5. The van der Waals surface area contributed by atoms with E-state index in [0.29, 0.717) is 12.3 Å². The van der Waals surface area contributed by atoms with E-state index in [0.717, 1.165) is 32.9 Å². The molecule has 0 bridgehead atoms. The number of carbonyl (C=O) groups is 1. The number of fused-ring (bicyclic) bond motifs is 2. The SMILES string of the molecule is Cn1ccc2c(CNC(=O)c3cc(-c4ccc5[nH]ncc5c4)on3)cccc21. The normalized spacial score (nSPS) is 11.3. The first-order chi connectivity index (χ1) is 13.7. The first kappa shape index (κ1) is 16.3. The van der Waals surface area contributed by atoms with E-state index in [-0.39, 0.29) is 11.6 Å². The van der Waals surface area contributed by atoms with Gasteiger partial charge in [-0.2, -0.15) is 5.10 Å². The van der Waals surface area contributed by atoms with Gasteiger partial charge in [0.1, 0.15) is 0 Å². The van der Waals surface area contributed by atoms with E-state index >= 15 is 0 Å². The fourth-order valence-corrected chi connectivity index (χ4v) is 3.40. The molecule has 0 saturated heterocycles. The lowest BCUT2D eigenvalue weighted by molar-refractivity contribution is 0.0942. The van der Waals surface area contributed by atoms with Gasteiger partial charge in [-0.25, -0.2) is 0 Å². The van der Waals surface area contributed by atoms with Gasteiger partial charge in [-0.05, 0) is 35.9 Å². The van der Waals surface area contributed by atoms with Crippen LogP contribution in [0.5, 0.6) is 0 Å². The van der Waals surface area contributed by atoms with Gasteiger partial charge in [-0.15, -0.1) is 0 Å². The molecule has 0 radical (unpaired) electrons. The zero-order valence-corrected chi connectivity index (χ0v) is 15.1. The molecule has 0 atom stereocenters. The molecule has 2 aromatic carbocycles. The second-order valence-corrected chi connectivity index (χ2v) is 6.71. The molecule has 0 aliphatic heterocycles. The maximum absolute atomic E-state index is 12.5. The highest BCUT2D eigenvalue weighted by Crippen LogP contribution is 2.24. The van der Waals surface area contributed by atoms with Crippen LogP contribution in [-0.4, -0.2) is 25.8 Å². The van der Waals surface area contributed by atoms with E-state index in [9.17, 15) is 4.79 Å². The summed E-state index contributed by atoms with van der Waals surface area (Å²) in [5, 5.41) is 15.9. The van der Waals surface area contributed by atoms with Crippen LogP contribution in [0.4, 0.5) is 0 Å². The monoisotopic (exact) mass is 371 g/mol. The third-order valence-electron chi connectivity index (χ3n) is 4.93. The van der Waals surface area contributed by atoms with Crippen molar-refractivity contribution in [3.8, 4) is 11.3 Å². The summed E-state index contributed by atoms with van der Waals surface area (Å²) >= 11 is 0. The molecule has 0 saturated carbocycles. The van der Waals surface area contributed by atoms with Crippen molar-refractivity contribution in [1.29, 1.82) is 0 Å². The summed E-state index contributed by atoms with van der Waals surface area (Å²) in [5.74, 6) is 0.269. The Labute approximate surface area is 159 Å². The lowest BCUT2D eigenvalue weighted by Gasteiger charge is -2.05. The molecule has 0 aliphatic rings. The van der Waals surface area contributed by atoms with Crippen LogP contribution in [0.25, 0.3) is 33.1 Å². The first-order valence-electron chi connectivity index (χ1n) is 8.90. The fraction of sp³-hybridized carbons (Fsp3) is 0.0952. The Hall–Kier alpha value is -3.87. The van der Waals surface area contributed by atoms with E-state index in [4.69, 9.17) is 4.52 Å². The Morgan fingerprint density at radius 1 is 1.21 bits per heavy atom. The van der Waals surface area contributed by atoms with Crippen LogP contribution in [0, 0.1) is 0 Å². The van der Waals surface area contributed by atoms with Crippen molar-refractivity contribution in [3.63, 3.8) is 0 Å². The quantitative estimate of drug-likeness (QED) is 0.505. The van der Waals surface area contributed by atoms with Crippen molar-refractivity contribution in [1.82, 2.24) is 25.2 Å². The minimum absolute atomic E-state index is 0.252. The van der Waals surface area contributed by atoms with Gasteiger partial charge in [0.25, 0.3) is 5.91 Å². The van der Waals surface area contributed by atoms with Crippen LogP contribution >= 0.6 is 0 Å². The lowest BCUT2D eigenvalue weighted by Crippen LogP contribution is -2.23. The Balaban J connectivity index is 1.34. The minimum Gasteiger partial charge on any atom is -0.355 e. The van der Waals surface area contributed by atoms with E-state index in [1.165, 1.54) is 0 Å². The molecule has 7 nitrogen and oxygen atoms in total.